The van der Waals surface area contributed by atoms with Crippen LogP contribution in [0.4, 0.5) is 11.4 Å². The number of hydrazine groups is 1. The molecule has 1 fully saturated rings. The van der Waals surface area contributed by atoms with Crippen molar-refractivity contribution in [2.75, 3.05) is 31.6 Å². The summed E-state index contributed by atoms with van der Waals surface area (Å²) in [6.07, 6.45) is 0. The molecule has 0 saturated carbocycles. The number of hydrogen-bond donors (Lipinski definition) is 2. The first-order valence-corrected chi connectivity index (χ1v) is 5.23. The molecule has 1 saturated heterocycles. The van der Waals surface area contributed by atoms with Crippen molar-refractivity contribution < 1.29 is 4.92 Å². The van der Waals surface area contributed by atoms with Crippen LogP contribution >= 0.6 is 0 Å². The molecule has 0 bridgehead atoms. The summed E-state index contributed by atoms with van der Waals surface area (Å²) < 4.78 is 0. The zero-order valence-electron chi connectivity index (χ0n) is 8.85. The van der Waals surface area contributed by atoms with Crippen LogP contribution in [0.15, 0.2) is 24.3 Å². The zero-order valence-corrected chi connectivity index (χ0v) is 8.85. The lowest BCUT2D eigenvalue weighted by Gasteiger charge is -2.28. The summed E-state index contributed by atoms with van der Waals surface area (Å²) in [6, 6.07) is 6.68. The highest BCUT2D eigenvalue weighted by atomic mass is 16.6. The first-order chi connectivity index (χ1) is 7.77. The van der Waals surface area contributed by atoms with Crippen LogP contribution in [0.1, 0.15) is 0 Å². The Hall–Kier alpha value is -1.66. The molecule has 1 aromatic rings. The lowest BCUT2D eigenvalue weighted by molar-refractivity contribution is -0.384. The van der Waals surface area contributed by atoms with Crippen LogP contribution in [0.3, 0.4) is 0 Å². The number of nitrogens with zero attached hydrogens (tertiary/aromatic N) is 2. The van der Waals surface area contributed by atoms with Gasteiger partial charge in [0, 0.05) is 32.2 Å². The second-order valence-corrected chi connectivity index (χ2v) is 3.62. The molecule has 2 rings (SSSR count). The minimum atomic E-state index is -0.371. The van der Waals surface area contributed by atoms with Gasteiger partial charge in [0.2, 0.25) is 0 Å². The van der Waals surface area contributed by atoms with Crippen LogP contribution < -0.4 is 10.7 Å². The third kappa shape index (κ3) is 2.47. The van der Waals surface area contributed by atoms with Gasteiger partial charge in [0.1, 0.15) is 5.69 Å². The van der Waals surface area contributed by atoms with Gasteiger partial charge in [-0.3, -0.25) is 10.1 Å². The largest absolute Gasteiger partial charge is 0.314 e. The van der Waals surface area contributed by atoms with Gasteiger partial charge < -0.3 is 10.7 Å². The highest BCUT2D eigenvalue weighted by Crippen LogP contribution is 2.23. The van der Waals surface area contributed by atoms with Crippen molar-refractivity contribution in [1.82, 2.24) is 10.3 Å². The number of nitro groups is 1. The number of anilines is 1. The Balaban J connectivity index is 2.10. The fraction of sp³-hybridized carbons (Fsp3) is 0.400. The smallest absolute Gasteiger partial charge is 0.293 e. The molecule has 16 heavy (non-hydrogen) atoms. The summed E-state index contributed by atoms with van der Waals surface area (Å²) in [7, 11) is 0. The average Bonchev–Trinajstić information content (AvgIpc) is 2.31. The molecular weight excluding hydrogens is 208 g/mol. The van der Waals surface area contributed by atoms with Crippen LogP contribution in [0.25, 0.3) is 0 Å². The predicted octanol–water partition coefficient (Wildman–Crippen LogP) is 0.827. The second kappa shape index (κ2) is 4.91. The molecule has 6 nitrogen and oxygen atoms in total. The van der Waals surface area contributed by atoms with E-state index in [1.165, 1.54) is 6.07 Å². The summed E-state index contributed by atoms with van der Waals surface area (Å²) in [5.41, 5.74) is 3.74. The van der Waals surface area contributed by atoms with Crippen LogP contribution in [-0.4, -0.2) is 36.1 Å². The second-order valence-electron chi connectivity index (χ2n) is 3.62. The van der Waals surface area contributed by atoms with Crippen molar-refractivity contribution in [3.8, 4) is 0 Å². The highest BCUT2D eigenvalue weighted by molar-refractivity contribution is 5.60. The van der Waals surface area contributed by atoms with Crippen LogP contribution in [0, 0.1) is 10.1 Å². The lowest BCUT2D eigenvalue weighted by atomic mass is 10.3. The molecule has 86 valence electrons. The zero-order chi connectivity index (χ0) is 11.4. The summed E-state index contributed by atoms with van der Waals surface area (Å²) in [5, 5.41) is 16.0. The third-order valence-corrected chi connectivity index (χ3v) is 2.50. The van der Waals surface area contributed by atoms with E-state index in [9.17, 15) is 10.1 Å². The Bertz CT molecular complexity index is 377. The molecule has 0 unspecified atom stereocenters. The van der Waals surface area contributed by atoms with Crippen molar-refractivity contribution in [3.63, 3.8) is 0 Å². The molecule has 1 aliphatic rings. The molecule has 0 aliphatic carbocycles. The van der Waals surface area contributed by atoms with E-state index in [2.05, 4.69) is 10.7 Å². The van der Waals surface area contributed by atoms with Gasteiger partial charge in [-0.05, 0) is 6.07 Å². The van der Waals surface area contributed by atoms with Crippen LogP contribution in [0.5, 0.6) is 0 Å². The van der Waals surface area contributed by atoms with Gasteiger partial charge in [0.05, 0.1) is 4.92 Å². The summed E-state index contributed by atoms with van der Waals surface area (Å²) >= 11 is 0. The summed E-state index contributed by atoms with van der Waals surface area (Å²) in [4.78, 5) is 10.4. The number of piperazine rings is 1. The average molecular weight is 222 g/mol. The highest BCUT2D eigenvalue weighted by Gasteiger charge is 2.16. The SMILES string of the molecule is O=[N+]([O-])c1ccccc1NN1CCNCC1. The molecule has 1 aromatic carbocycles. The summed E-state index contributed by atoms with van der Waals surface area (Å²) in [6.45, 7) is 3.47. The van der Waals surface area contributed by atoms with E-state index in [-0.39, 0.29) is 10.6 Å². The minimum Gasteiger partial charge on any atom is -0.314 e. The fourth-order valence-corrected chi connectivity index (χ4v) is 1.67. The van der Waals surface area contributed by atoms with E-state index in [0.29, 0.717) is 5.69 Å². The van der Waals surface area contributed by atoms with E-state index in [1.54, 1.807) is 18.2 Å². The molecule has 0 radical (unpaired) electrons. The molecule has 0 amide bonds. The van der Waals surface area contributed by atoms with E-state index in [0.717, 1.165) is 26.2 Å². The first-order valence-electron chi connectivity index (χ1n) is 5.23. The van der Waals surface area contributed by atoms with Crippen molar-refractivity contribution in [2.24, 2.45) is 0 Å². The quantitative estimate of drug-likeness (QED) is 0.585. The Morgan fingerprint density at radius 1 is 1.31 bits per heavy atom. The van der Waals surface area contributed by atoms with Gasteiger partial charge in [0.25, 0.3) is 5.69 Å². The van der Waals surface area contributed by atoms with Crippen molar-refractivity contribution >= 4 is 11.4 Å². The maximum atomic E-state index is 10.8. The third-order valence-electron chi connectivity index (χ3n) is 2.50. The van der Waals surface area contributed by atoms with E-state index in [4.69, 9.17) is 0 Å². The van der Waals surface area contributed by atoms with Crippen LogP contribution in [-0.2, 0) is 0 Å². The molecule has 2 N–H and O–H groups in total. The molecular formula is C10H14N4O2. The van der Waals surface area contributed by atoms with Gasteiger partial charge in [-0.15, -0.1) is 0 Å². The van der Waals surface area contributed by atoms with Gasteiger partial charge in [0.15, 0.2) is 0 Å². The Labute approximate surface area is 93.4 Å². The van der Waals surface area contributed by atoms with Gasteiger partial charge in [-0.25, -0.2) is 5.01 Å². The normalized spacial score (nSPS) is 17.0. The van der Waals surface area contributed by atoms with E-state index < -0.39 is 0 Å². The molecule has 6 heteroatoms. The first kappa shape index (κ1) is 10.8. The van der Waals surface area contributed by atoms with Crippen molar-refractivity contribution in [3.05, 3.63) is 34.4 Å². The number of nitro benzene ring substituents is 1. The van der Waals surface area contributed by atoms with Crippen molar-refractivity contribution in [1.29, 1.82) is 0 Å². The lowest BCUT2D eigenvalue weighted by Crippen LogP contribution is -2.46. The number of para-hydroxylation sites is 2. The molecule has 0 aromatic heterocycles. The van der Waals surface area contributed by atoms with E-state index >= 15 is 0 Å². The minimum absolute atomic E-state index is 0.112. The molecule has 0 atom stereocenters. The predicted molar refractivity (Wildman–Crippen MR) is 61.2 cm³/mol. The molecule has 1 aliphatic heterocycles. The standard InChI is InChI=1S/C10H14N4O2/c15-14(16)10-4-2-1-3-9(10)12-13-7-5-11-6-8-13/h1-4,11-12H,5-8H2. The van der Waals surface area contributed by atoms with Gasteiger partial charge in [-0.2, -0.15) is 0 Å². The number of nitrogens with one attached hydrogen (secondary N) is 2. The molecule has 0 spiro atoms. The summed E-state index contributed by atoms with van der Waals surface area (Å²) in [5.74, 6) is 0. The number of benzene rings is 1. The van der Waals surface area contributed by atoms with Crippen molar-refractivity contribution in [2.45, 2.75) is 0 Å². The topological polar surface area (TPSA) is 70.4 Å². The number of hydrogen-bond acceptors (Lipinski definition) is 5. The maximum Gasteiger partial charge on any atom is 0.293 e. The van der Waals surface area contributed by atoms with E-state index in [1.807, 2.05) is 5.01 Å². The molecule has 1 heterocycles. The fourth-order valence-electron chi connectivity index (χ4n) is 1.67. The van der Waals surface area contributed by atoms with Gasteiger partial charge in [-0.1, -0.05) is 12.1 Å². The Kier molecular flexibility index (Phi) is 3.33. The van der Waals surface area contributed by atoms with Gasteiger partial charge >= 0.3 is 0 Å². The maximum absolute atomic E-state index is 10.8. The number of rotatable bonds is 3. The Morgan fingerprint density at radius 3 is 2.69 bits per heavy atom. The van der Waals surface area contributed by atoms with Crippen LogP contribution in [0.2, 0.25) is 0 Å². The Morgan fingerprint density at radius 2 is 2.00 bits per heavy atom. The monoisotopic (exact) mass is 222 g/mol.